The summed E-state index contributed by atoms with van der Waals surface area (Å²) in [6.45, 7) is 2.85. The lowest BCUT2D eigenvalue weighted by Gasteiger charge is -2.25. The van der Waals surface area contributed by atoms with E-state index in [1.54, 1.807) is 0 Å². The van der Waals surface area contributed by atoms with Gasteiger partial charge in [0.2, 0.25) is 5.91 Å². The molecule has 1 aliphatic heterocycles. The summed E-state index contributed by atoms with van der Waals surface area (Å²) in [5.74, 6) is 0.0532. The number of carbonyl (C=O) groups excluding carboxylic acids is 1. The first-order valence-electron chi connectivity index (χ1n) is 7.43. The van der Waals surface area contributed by atoms with Crippen LogP contribution in [0, 0.1) is 0 Å². The zero-order valence-electron chi connectivity index (χ0n) is 12.4. The van der Waals surface area contributed by atoms with Crippen molar-refractivity contribution in [1.29, 1.82) is 0 Å². The number of halogens is 1. The number of aliphatic hydroxyl groups is 1. The fraction of sp³-hybridized carbons (Fsp3) is 0.562. The zero-order chi connectivity index (χ0) is 14.4. The molecule has 2 rings (SSSR count). The van der Waals surface area contributed by atoms with Crippen LogP contribution in [0.15, 0.2) is 30.3 Å². The molecule has 0 aromatic heterocycles. The topological polar surface area (TPSA) is 61.4 Å². The number of benzene rings is 1. The van der Waals surface area contributed by atoms with Gasteiger partial charge in [-0.1, -0.05) is 36.8 Å². The Kier molecular flexibility index (Phi) is 7.72. The summed E-state index contributed by atoms with van der Waals surface area (Å²) >= 11 is 0. The number of nitrogens with one attached hydrogen (secondary N) is 2. The minimum atomic E-state index is -0.536. The molecule has 1 amide bonds. The van der Waals surface area contributed by atoms with Crippen molar-refractivity contribution in [2.45, 2.75) is 50.8 Å². The standard InChI is InChI=1S/C16H24N2O2.ClH/c1-12(11-15(19)13-7-3-2-4-8-13)18-16(20)14-9-5-6-10-17-14;/h2-4,7-8,12,14-15,17,19H,5-6,9-11H2,1H3,(H,18,20);1H. The molecule has 1 heterocycles. The number of carbonyl (C=O) groups is 1. The third-order valence-electron chi connectivity index (χ3n) is 3.78. The summed E-state index contributed by atoms with van der Waals surface area (Å²) in [6, 6.07) is 9.45. The van der Waals surface area contributed by atoms with Gasteiger partial charge < -0.3 is 15.7 Å². The third kappa shape index (κ3) is 5.65. The van der Waals surface area contributed by atoms with E-state index in [4.69, 9.17) is 0 Å². The lowest BCUT2D eigenvalue weighted by Crippen LogP contribution is -2.49. The summed E-state index contributed by atoms with van der Waals surface area (Å²) in [5, 5.41) is 16.4. The molecule has 21 heavy (non-hydrogen) atoms. The van der Waals surface area contributed by atoms with E-state index in [0.717, 1.165) is 31.4 Å². The van der Waals surface area contributed by atoms with Gasteiger partial charge in [-0.05, 0) is 38.3 Å². The molecule has 0 spiro atoms. The van der Waals surface area contributed by atoms with Gasteiger partial charge in [0.25, 0.3) is 0 Å². The molecule has 0 saturated carbocycles. The predicted octanol–water partition coefficient (Wildman–Crippen LogP) is 2.18. The smallest absolute Gasteiger partial charge is 0.237 e. The number of hydrogen-bond donors (Lipinski definition) is 3. The molecule has 1 saturated heterocycles. The Morgan fingerprint density at radius 1 is 1.38 bits per heavy atom. The van der Waals surface area contributed by atoms with Gasteiger partial charge in [0.1, 0.15) is 0 Å². The van der Waals surface area contributed by atoms with E-state index in [9.17, 15) is 9.90 Å². The fourth-order valence-electron chi connectivity index (χ4n) is 2.62. The van der Waals surface area contributed by atoms with Crippen molar-refractivity contribution in [2.24, 2.45) is 0 Å². The Morgan fingerprint density at radius 3 is 2.71 bits per heavy atom. The van der Waals surface area contributed by atoms with Gasteiger partial charge >= 0.3 is 0 Å². The Morgan fingerprint density at radius 2 is 2.10 bits per heavy atom. The normalized spacial score (nSPS) is 21.0. The molecule has 4 nitrogen and oxygen atoms in total. The van der Waals surface area contributed by atoms with E-state index >= 15 is 0 Å². The maximum absolute atomic E-state index is 12.1. The molecular weight excluding hydrogens is 288 g/mol. The van der Waals surface area contributed by atoms with E-state index in [2.05, 4.69) is 10.6 Å². The molecule has 3 atom stereocenters. The largest absolute Gasteiger partial charge is 0.388 e. The van der Waals surface area contributed by atoms with Crippen molar-refractivity contribution >= 4 is 18.3 Å². The van der Waals surface area contributed by atoms with Crippen LogP contribution in [0.3, 0.4) is 0 Å². The van der Waals surface area contributed by atoms with Crippen molar-refractivity contribution in [3.05, 3.63) is 35.9 Å². The molecule has 1 aliphatic rings. The maximum atomic E-state index is 12.1. The van der Waals surface area contributed by atoms with Crippen LogP contribution >= 0.6 is 12.4 Å². The van der Waals surface area contributed by atoms with E-state index < -0.39 is 6.10 Å². The molecule has 118 valence electrons. The molecule has 0 radical (unpaired) electrons. The molecule has 1 aromatic carbocycles. The first kappa shape index (κ1) is 18.0. The van der Waals surface area contributed by atoms with Crippen LogP contribution in [0.1, 0.15) is 44.3 Å². The van der Waals surface area contributed by atoms with E-state index in [-0.39, 0.29) is 30.4 Å². The minimum absolute atomic E-state index is 0. The average Bonchev–Trinajstić information content (AvgIpc) is 2.49. The van der Waals surface area contributed by atoms with E-state index in [1.807, 2.05) is 37.3 Å². The Bertz CT molecular complexity index is 422. The van der Waals surface area contributed by atoms with Crippen LogP contribution in [0.5, 0.6) is 0 Å². The highest BCUT2D eigenvalue weighted by Gasteiger charge is 2.22. The molecule has 0 aliphatic carbocycles. The van der Waals surface area contributed by atoms with Crippen molar-refractivity contribution < 1.29 is 9.90 Å². The first-order valence-corrected chi connectivity index (χ1v) is 7.43. The second-order valence-electron chi connectivity index (χ2n) is 5.57. The van der Waals surface area contributed by atoms with Gasteiger partial charge in [-0.15, -0.1) is 12.4 Å². The van der Waals surface area contributed by atoms with Gasteiger partial charge in [0, 0.05) is 6.04 Å². The number of amides is 1. The number of rotatable bonds is 5. The van der Waals surface area contributed by atoms with Crippen LogP contribution in [-0.4, -0.2) is 29.6 Å². The predicted molar refractivity (Wildman–Crippen MR) is 86.5 cm³/mol. The summed E-state index contributed by atoms with van der Waals surface area (Å²) in [4.78, 5) is 12.1. The second kappa shape index (κ2) is 9.03. The first-order chi connectivity index (χ1) is 9.66. The van der Waals surface area contributed by atoms with E-state index in [0.29, 0.717) is 6.42 Å². The SMILES string of the molecule is CC(CC(O)c1ccccc1)NC(=O)C1CCCCN1.Cl. The number of piperidine rings is 1. The summed E-state index contributed by atoms with van der Waals surface area (Å²) in [6.07, 6.45) is 3.14. The molecular formula is C16H25ClN2O2. The lowest BCUT2D eigenvalue weighted by molar-refractivity contribution is -0.124. The van der Waals surface area contributed by atoms with Crippen molar-refractivity contribution in [2.75, 3.05) is 6.54 Å². The van der Waals surface area contributed by atoms with Gasteiger partial charge in [0.15, 0.2) is 0 Å². The zero-order valence-corrected chi connectivity index (χ0v) is 13.2. The van der Waals surface area contributed by atoms with Crippen LogP contribution in [-0.2, 0) is 4.79 Å². The van der Waals surface area contributed by atoms with Gasteiger partial charge in [-0.25, -0.2) is 0 Å². The highest BCUT2D eigenvalue weighted by molar-refractivity contribution is 5.85. The van der Waals surface area contributed by atoms with Crippen molar-refractivity contribution in [3.63, 3.8) is 0 Å². The molecule has 5 heteroatoms. The third-order valence-corrected chi connectivity index (χ3v) is 3.78. The van der Waals surface area contributed by atoms with Crippen molar-refractivity contribution in [3.8, 4) is 0 Å². The van der Waals surface area contributed by atoms with Gasteiger partial charge in [-0.2, -0.15) is 0 Å². The van der Waals surface area contributed by atoms with Crippen LogP contribution in [0.4, 0.5) is 0 Å². The summed E-state index contributed by atoms with van der Waals surface area (Å²) in [7, 11) is 0. The Hall–Kier alpha value is -1.10. The van der Waals surface area contributed by atoms with Crippen LogP contribution in [0.25, 0.3) is 0 Å². The van der Waals surface area contributed by atoms with Crippen molar-refractivity contribution in [1.82, 2.24) is 10.6 Å². The number of aliphatic hydroxyl groups excluding tert-OH is 1. The van der Waals surface area contributed by atoms with Crippen LogP contribution < -0.4 is 10.6 Å². The molecule has 1 fully saturated rings. The summed E-state index contributed by atoms with van der Waals surface area (Å²) < 4.78 is 0. The molecule has 0 bridgehead atoms. The quantitative estimate of drug-likeness (QED) is 0.781. The van der Waals surface area contributed by atoms with Gasteiger partial charge in [0.05, 0.1) is 12.1 Å². The highest BCUT2D eigenvalue weighted by atomic mass is 35.5. The Labute approximate surface area is 132 Å². The lowest BCUT2D eigenvalue weighted by atomic mass is 10.0. The molecule has 3 N–H and O–H groups in total. The monoisotopic (exact) mass is 312 g/mol. The van der Waals surface area contributed by atoms with Gasteiger partial charge in [-0.3, -0.25) is 4.79 Å². The maximum Gasteiger partial charge on any atom is 0.237 e. The Balaban J connectivity index is 0.00000220. The fourth-order valence-corrected chi connectivity index (χ4v) is 2.62. The minimum Gasteiger partial charge on any atom is -0.388 e. The number of hydrogen-bond acceptors (Lipinski definition) is 3. The highest BCUT2D eigenvalue weighted by Crippen LogP contribution is 2.18. The summed E-state index contributed by atoms with van der Waals surface area (Å²) in [5.41, 5.74) is 0.893. The molecule has 1 aromatic rings. The van der Waals surface area contributed by atoms with Crippen LogP contribution in [0.2, 0.25) is 0 Å². The van der Waals surface area contributed by atoms with E-state index in [1.165, 1.54) is 0 Å². The molecule has 3 unspecified atom stereocenters. The average molecular weight is 313 g/mol. The second-order valence-corrected chi connectivity index (χ2v) is 5.57.